The molecule has 0 aliphatic carbocycles. The first-order valence-corrected chi connectivity index (χ1v) is 8.29. The van der Waals surface area contributed by atoms with Crippen LogP contribution in [-0.2, 0) is 10.0 Å². The molecule has 0 aliphatic heterocycles. The number of nitrogens with two attached hydrogens (primary N) is 1. The van der Waals surface area contributed by atoms with Gasteiger partial charge in [0.2, 0.25) is 10.0 Å². The highest BCUT2D eigenvalue weighted by atomic mass is 32.2. The maximum absolute atomic E-state index is 14.0. The number of fused-ring (bicyclic) bond motifs is 1. The summed E-state index contributed by atoms with van der Waals surface area (Å²) in [6.45, 7) is 0.697. The molecular formula is C13H17FN4O2S. The van der Waals surface area contributed by atoms with Gasteiger partial charge < -0.3 is 11.1 Å². The summed E-state index contributed by atoms with van der Waals surface area (Å²) in [5, 5.41) is 3.62. The number of pyridine rings is 1. The molecule has 0 unspecified atom stereocenters. The van der Waals surface area contributed by atoms with Gasteiger partial charge in [0.05, 0.1) is 17.5 Å². The van der Waals surface area contributed by atoms with Crippen molar-refractivity contribution in [1.29, 1.82) is 0 Å². The molecule has 4 N–H and O–H groups in total. The van der Waals surface area contributed by atoms with Crippen LogP contribution >= 0.6 is 0 Å². The van der Waals surface area contributed by atoms with Gasteiger partial charge >= 0.3 is 0 Å². The van der Waals surface area contributed by atoms with Crippen molar-refractivity contribution in [3.05, 3.63) is 30.2 Å². The predicted molar refractivity (Wildman–Crippen MR) is 82.1 cm³/mol. The van der Waals surface area contributed by atoms with Gasteiger partial charge in [0.1, 0.15) is 0 Å². The number of nitrogens with zero attached hydrogens (tertiary/aromatic N) is 1. The molecule has 1 aromatic heterocycles. The van der Waals surface area contributed by atoms with E-state index < -0.39 is 15.8 Å². The lowest BCUT2D eigenvalue weighted by atomic mass is 10.1. The summed E-state index contributed by atoms with van der Waals surface area (Å²) in [5.41, 5.74) is 6.84. The van der Waals surface area contributed by atoms with Crippen molar-refractivity contribution in [3.8, 4) is 0 Å². The molecule has 0 saturated heterocycles. The number of nitrogens with one attached hydrogen (secondary N) is 2. The Kier molecular flexibility index (Phi) is 4.59. The van der Waals surface area contributed by atoms with Crippen LogP contribution in [0, 0.1) is 5.82 Å². The van der Waals surface area contributed by atoms with E-state index in [0.717, 1.165) is 6.26 Å². The van der Waals surface area contributed by atoms with Crippen molar-refractivity contribution < 1.29 is 12.8 Å². The Morgan fingerprint density at radius 2 is 2.14 bits per heavy atom. The zero-order valence-corrected chi connectivity index (χ0v) is 12.4. The lowest BCUT2D eigenvalue weighted by Crippen LogP contribution is -2.24. The molecule has 2 aromatic rings. The summed E-state index contributed by atoms with van der Waals surface area (Å²) < 4.78 is 38.2. The number of hydrogen-bond acceptors (Lipinski definition) is 5. The van der Waals surface area contributed by atoms with Gasteiger partial charge in [-0.25, -0.2) is 17.5 Å². The Hall–Kier alpha value is -1.93. The summed E-state index contributed by atoms with van der Waals surface area (Å²) in [4.78, 5) is 4.15. The average molecular weight is 312 g/mol. The van der Waals surface area contributed by atoms with Crippen LogP contribution in [-0.4, -0.2) is 32.7 Å². The summed E-state index contributed by atoms with van der Waals surface area (Å²) in [7, 11) is -3.20. The van der Waals surface area contributed by atoms with E-state index >= 15 is 0 Å². The van der Waals surface area contributed by atoms with E-state index in [1.807, 2.05) is 0 Å². The molecule has 0 atom stereocenters. The Morgan fingerprint density at radius 1 is 1.38 bits per heavy atom. The van der Waals surface area contributed by atoms with Crippen LogP contribution < -0.4 is 15.8 Å². The van der Waals surface area contributed by atoms with Crippen molar-refractivity contribution >= 4 is 32.3 Å². The highest BCUT2D eigenvalue weighted by molar-refractivity contribution is 7.88. The molecule has 0 radical (unpaired) electrons. The molecule has 0 saturated carbocycles. The number of hydrogen-bond donors (Lipinski definition) is 3. The molecule has 0 aliphatic rings. The molecule has 1 aromatic carbocycles. The minimum Gasteiger partial charge on any atom is -0.398 e. The van der Waals surface area contributed by atoms with Crippen LogP contribution in [0.3, 0.4) is 0 Å². The monoisotopic (exact) mass is 312 g/mol. The van der Waals surface area contributed by atoms with Gasteiger partial charge in [-0.05, 0) is 24.6 Å². The quantitative estimate of drug-likeness (QED) is 0.552. The molecule has 0 amide bonds. The number of halogens is 1. The second-order valence-electron chi connectivity index (χ2n) is 4.67. The summed E-state index contributed by atoms with van der Waals surface area (Å²) >= 11 is 0. The van der Waals surface area contributed by atoms with E-state index in [4.69, 9.17) is 5.73 Å². The number of anilines is 2. The van der Waals surface area contributed by atoms with Crippen LogP contribution in [0.25, 0.3) is 10.9 Å². The van der Waals surface area contributed by atoms with Gasteiger partial charge in [-0.2, -0.15) is 0 Å². The van der Waals surface area contributed by atoms with Gasteiger partial charge in [-0.1, -0.05) is 0 Å². The standard InChI is InChI=1S/C13H17FN4O2S/c1-21(19,20)18-7-3-6-17-13-10(14)8-11(15)9-4-2-5-16-12(9)13/h2,4-5,8,17-18H,3,6-7,15H2,1H3. The zero-order valence-electron chi connectivity index (χ0n) is 11.6. The van der Waals surface area contributed by atoms with Crippen LogP contribution in [0.5, 0.6) is 0 Å². The topological polar surface area (TPSA) is 97.1 Å². The Labute approximate surface area is 122 Å². The SMILES string of the molecule is CS(=O)(=O)NCCCNc1c(F)cc(N)c2cccnc12. The van der Waals surface area contributed by atoms with Crippen molar-refractivity contribution in [2.24, 2.45) is 0 Å². The maximum Gasteiger partial charge on any atom is 0.208 e. The molecule has 0 fully saturated rings. The van der Waals surface area contributed by atoms with Gasteiger partial charge in [-0.3, -0.25) is 4.98 Å². The second-order valence-corrected chi connectivity index (χ2v) is 6.50. The fourth-order valence-electron chi connectivity index (χ4n) is 1.96. The fraction of sp³-hybridized carbons (Fsp3) is 0.308. The highest BCUT2D eigenvalue weighted by Crippen LogP contribution is 2.29. The average Bonchev–Trinajstić information content (AvgIpc) is 2.40. The molecule has 2 rings (SSSR count). The van der Waals surface area contributed by atoms with Gasteiger partial charge in [0, 0.05) is 30.4 Å². The van der Waals surface area contributed by atoms with Crippen LogP contribution in [0.4, 0.5) is 15.8 Å². The molecule has 0 bridgehead atoms. The number of aromatic nitrogens is 1. The van der Waals surface area contributed by atoms with Crippen LogP contribution in [0.1, 0.15) is 6.42 Å². The summed E-state index contributed by atoms with van der Waals surface area (Å²) in [6.07, 6.45) is 3.18. The van der Waals surface area contributed by atoms with Gasteiger partial charge in [0.15, 0.2) is 5.82 Å². The molecular weight excluding hydrogens is 295 g/mol. The first-order chi connectivity index (χ1) is 9.88. The van der Waals surface area contributed by atoms with Crippen molar-refractivity contribution in [2.75, 3.05) is 30.4 Å². The van der Waals surface area contributed by atoms with E-state index in [9.17, 15) is 12.8 Å². The van der Waals surface area contributed by atoms with Gasteiger partial charge in [0.25, 0.3) is 0 Å². The number of sulfonamides is 1. The number of benzene rings is 1. The molecule has 6 nitrogen and oxygen atoms in total. The minimum atomic E-state index is -3.20. The Bertz CT molecular complexity index is 749. The second kappa shape index (κ2) is 6.23. The minimum absolute atomic E-state index is 0.277. The van der Waals surface area contributed by atoms with Crippen molar-refractivity contribution in [3.63, 3.8) is 0 Å². The third kappa shape index (κ3) is 4.02. The first-order valence-electron chi connectivity index (χ1n) is 6.39. The number of nitrogen functional groups attached to an aromatic ring is 1. The first kappa shape index (κ1) is 15.5. The summed E-state index contributed by atoms with van der Waals surface area (Å²) in [5.74, 6) is -0.477. The molecule has 21 heavy (non-hydrogen) atoms. The molecule has 114 valence electrons. The van der Waals surface area contributed by atoms with E-state index in [1.165, 1.54) is 6.07 Å². The third-order valence-corrected chi connectivity index (χ3v) is 3.62. The Morgan fingerprint density at radius 3 is 2.86 bits per heavy atom. The maximum atomic E-state index is 14.0. The molecule has 1 heterocycles. The molecule has 0 spiro atoms. The van der Waals surface area contributed by atoms with E-state index in [1.54, 1.807) is 18.3 Å². The number of rotatable bonds is 6. The van der Waals surface area contributed by atoms with Crippen molar-refractivity contribution in [1.82, 2.24) is 9.71 Å². The van der Waals surface area contributed by atoms with Crippen LogP contribution in [0.15, 0.2) is 24.4 Å². The predicted octanol–water partition coefficient (Wildman–Crippen LogP) is 1.31. The molecule has 8 heteroatoms. The fourth-order valence-corrected chi connectivity index (χ4v) is 2.48. The van der Waals surface area contributed by atoms with E-state index in [2.05, 4.69) is 15.0 Å². The Balaban J connectivity index is 2.08. The van der Waals surface area contributed by atoms with Gasteiger partial charge in [-0.15, -0.1) is 0 Å². The van der Waals surface area contributed by atoms with E-state index in [-0.39, 0.29) is 12.2 Å². The van der Waals surface area contributed by atoms with E-state index in [0.29, 0.717) is 29.6 Å². The summed E-state index contributed by atoms with van der Waals surface area (Å²) in [6, 6.07) is 4.75. The van der Waals surface area contributed by atoms with Crippen molar-refractivity contribution in [2.45, 2.75) is 6.42 Å². The zero-order chi connectivity index (χ0) is 15.5. The smallest absolute Gasteiger partial charge is 0.208 e. The highest BCUT2D eigenvalue weighted by Gasteiger charge is 2.11. The third-order valence-electron chi connectivity index (χ3n) is 2.90. The lowest BCUT2D eigenvalue weighted by molar-refractivity contribution is 0.586. The van der Waals surface area contributed by atoms with Crippen LogP contribution in [0.2, 0.25) is 0 Å². The lowest BCUT2D eigenvalue weighted by Gasteiger charge is -2.12. The normalized spacial score (nSPS) is 11.7. The largest absolute Gasteiger partial charge is 0.398 e.